The van der Waals surface area contributed by atoms with E-state index in [-0.39, 0.29) is 5.91 Å². The average molecular weight is 361 g/mol. The highest BCUT2D eigenvalue weighted by Gasteiger charge is 2.24. The van der Waals surface area contributed by atoms with E-state index in [1.807, 2.05) is 6.07 Å². The zero-order valence-corrected chi connectivity index (χ0v) is 15.8. The molecule has 26 heavy (non-hydrogen) atoms. The number of nitrogens with zero attached hydrogens (tertiary/aromatic N) is 1. The van der Waals surface area contributed by atoms with Crippen molar-refractivity contribution in [1.29, 1.82) is 0 Å². The second-order valence-corrected chi connectivity index (χ2v) is 6.42. The third-order valence-corrected chi connectivity index (χ3v) is 5.07. The van der Waals surface area contributed by atoms with E-state index in [0.717, 1.165) is 30.4 Å². The second kappa shape index (κ2) is 7.86. The molecule has 1 aromatic heterocycles. The third-order valence-electron chi connectivity index (χ3n) is 5.07. The Morgan fingerprint density at radius 2 is 2.00 bits per heavy atom. The summed E-state index contributed by atoms with van der Waals surface area (Å²) in [5.41, 5.74) is 1.26. The van der Waals surface area contributed by atoms with Crippen LogP contribution >= 0.6 is 0 Å². The fraction of sp³-hybridized carbons (Fsp3) is 0.526. The van der Waals surface area contributed by atoms with Gasteiger partial charge in [-0.25, -0.2) is 0 Å². The highest BCUT2D eigenvalue weighted by Crippen LogP contribution is 2.43. The van der Waals surface area contributed by atoms with Crippen molar-refractivity contribution in [3.05, 3.63) is 17.8 Å². The molecule has 2 aromatic rings. The zero-order valence-electron chi connectivity index (χ0n) is 15.8. The van der Waals surface area contributed by atoms with Crippen LogP contribution in [0.5, 0.6) is 17.2 Å². The highest BCUT2D eigenvalue weighted by atomic mass is 16.5. The summed E-state index contributed by atoms with van der Waals surface area (Å²) in [4.78, 5) is 18.2. The van der Waals surface area contributed by atoms with Gasteiger partial charge in [-0.2, -0.15) is 0 Å². The summed E-state index contributed by atoms with van der Waals surface area (Å²) in [6.07, 6.45) is 2.32. The number of carbonyl (C=O) groups excluding carboxylic acids is 1. The molecule has 142 valence electrons. The van der Waals surface area contributed by atoms with E-state index >= 15 is 0 Å². The number of nitrogens with one attached hydrogen (secondary N) is 2. The highest BCUT2D eigenvalue weighted by molar-refractivity contribution is 6.01. The van der Waals surface area contributed by atoms with Crippen LogP contribution in [0.15, 0.2) is 12.1 Å². The van der Waals surface area contributed by atoms with Crippen molar-refractivity contribution in [2.45, 2.75) is 25.8 Å². The first kappa shape index (κ1) is 18.4. The molecule has 7 heteroatoms. The maximum absolute atomic E-state index is 12.6. The number of H-pyrrole nitrogens is 1. The van der Waals surface area contributed by atoms with Gasteiger partial charge in [0, 0.05) is 24.0 Å². The first-order valence-corrected chi connectivity index (χ1v) is 8.96. The molecule has 3 rings (SSSR count). The van der Waals surface area contributed by atoms with Crippen LogP contribution < -0.4 is 19.5 Å². The minimum Gasteiger partial charge on any atom is -0.493 e. The first-order chi connectivity index (χ1) is 12.6. The smallest absolute Gasteiger partial charge is 0.267 e. The Hall–Kier alpha value is -2.41. The number of likely N-dealkylation sites (N-methyl/N-ethyl adjacent to an activating group) is 1. The number of amides is 1. The van der Waals surface area contributed by atoms with Crippen LogP contribution in [0.4, 0.5) is 0 Å². The van der Waals surface area contributed by atoms with Crippen molar-refractivity contribution in [3.8, 4) is 17.2 Å². The monoisotopic (exact) mass is 361 g/mol. The Labute approximate surface area is 153 Å². The van der Waals surface area contributed by atoms with Crippen molar-refractivity contribution in [2.24, 2.45) is 0 Å². The lowest BCUT2D eigenvalue weighted by molar-refractivity contribution is 0.0937. The minimum atomic E-state index is -0.121. The van der Waals surface area contributed by atoms with E-state index < -0.39 is 0 Å². The molecule has 0 spiro atoms. The summed E-state index contributed by atoms with van der Waals surface area (Å²) in [6.45, 7) is 4.95. The molecule has 1 amide bonds. The van der Waals surface area contributed by atoms with E-state index in [4.69, 9.17) is 14.2 Å². The summed E-state index contributed by atoms with van der Waals surface area (Å²) in [5, 5.41) is 3.83. The van der Waals surface area contributed by atoms with Crippen LogP contribution in [0.2, 0.25) is 0 Å². The lowest BCUT2D eigenvalue weighted by atomic mass is 10.2. The Balaban J connectivity index is 1.83. The van der Waals surface area contributed by atoms with Crippen LogP contribution in [0.1, 0.15) is 30.3 Å². The normalized spacial score (nSPS) is 17.5. The van der Waals surface area contributed by atoms with Gasteiger partial charge < -0.3 is 24.5 Å². The maximum atomic E-state index is 12.6. The van der Waals surface area contributed by atoms with Crippen LogP contribution in [-0.4, -0.2) is 62.8 Å². The number of methoxy groups -OCH3 is 3. The minimum absolute atomic E-state index is 0.121. The number of hydrogen-bond donors (Lipinski definition) is 2. The van der Waals surface area contributed by atoms with Gasteiger partial charge in [-0.3, -0.25) is 9.69 Å². The molecule has 2 heterocycles. The van der Waals surface area contributed by atoms with E-state index in [2.05, 4.69) is 22.1 Å². The Morgan fingerprint density at radius 1 is 1.23 bits per heavy atom. The molecule has 1 saturated heterocycles. The van der Waals surface area contributed by atoms with Crippen LogP contribution in [0.3, 0.4) is 0 Å². The van der Waals surface area contributed by atoms with Gasteiger partial charge in [0.15, 0.2) is 11.5 Å². The second-order valence-electron chi connectivity index (χ2n) is 6.42. The molecule has 1 aliphatic rings. The molecule has 1 aliphatic heterocycles. The molecular formula is C19H27N3O4. The summed E-state index contributed by atoms with van der Waals surface area (Å²) < 4.78 is 16.3. The molecule has 1 aromatic carbocycles. The Kier molecular flexibility index (Phi) is 5.56. The lowest BCUT2D eigenvalue weighted by Gasteiger charge is -2.22. The van der Waals surface area contributed by atoms with Gasteiger partial charge in [0.05, 0.1) is 26.8 Å². The molecule has 0 saturated carbocycles. The van der Waals surface area contributed by atoms with Crippen molar-refractivity contribution in [3.63, 3.8) is 0 Å². The van der Waals surface area contributed by atoms with Crippen LogP contribution in [0, 0.1) is 0 Å². The average Bonchev–Trinajstić information content (AvgIpc) is 3.30. The van der Waals surface area contributed by atoms with Gasteiger partial charge in [-0.1, -0.05) is 6.92 Å². The maximum Gasteiger partial charge on any atom is 0.267 e. The number of benzene rings is 1. The standard InChI is InChI=1S/C19H27N3O4/c1-5-22-8-6-7-12(22)11-20-19(23)15-9-13-14(21-15)10-16(24-2)18(26-4)17(13)25-3/h9-10,12,21H,5-8,11H2,1-4H3,(H,20,23)/t12-/m1/s1. The van der Waals surface area contributed by atoms with E-state index in [1.165, 1.54) is 6.42 Å². The largest absolute Gasteiger partial charge is 0.493 e. The van der Waals surface area contributed by atoms with Gasteiger partial charge in [0.2, 0.25) is 5.75 Å². The Morgan fingerprint density at radius 3 is 2.65 bits per heavy atom. The van der Waals surface area contributed by atoms with Crippen LogP contribution in [0.25, 0.3) is 10.9 Å². The molecule has 1 fully saturated rings. The number of fused-ring (bicyclic) bond motifs is 1. The van der Waals surface area contributed by atoms with Crippen LogP contribution in [-0.2, 0) is 0 Å². The number of likely N-dealkylation sites (tertiary alicyclic amines) is 1. The SMILES string of the molecule is CCN1CCC[C@@H]1CNC(=O)c1cc2c(OC)c(OC)c(OC)cc2[nH]1. The molecule has 0 unspecified atom stereocenters. The van der Waals surface area contributed by atoms with Crippen molar-refractivity contribution < 1.29 is 19.0 Å². The van der Waals surface area contributed by atoms with E-state index in [1.54, 1.807) is 27.4 Å². The fourth-order valence-electron chi connectivity index (χ4n) is 3.72. The van der Waals surface area contributed by atoms with E-state index in [0.29, 0.717) is 35.5 Å². The first-order valence-electron chi connectivity index (χ1n) is 8.96. The number of aromatic nitrogens is 1. The van der Waals surface area contributed by atoms with Gasteiger partial charge in [-0.15, -0.1) is 0 Å². The van der Waals surface area contributed by atoms with Crippen molar-refractivity contribution >= 4 is 16.8 Å². The molecule has 0 bridgehead atoms. The predicted molar refractivity (Wildman–Crippen MR) is 101 cm³/mol. The van der Waals surface area contributed by atoms with Gasteiger partial charge in [0.25, 0.3) is 5.91 Å². The molecule has 2 N–H and O–H groups in total. The molecular weight excluding hydrogens is 334 g/mol. The molecule has 7 nitrogen and oxygen atoms in total. The summed E-state index contributed by atoms with van der Waals surface area (Å²) in [7, 11) is 4.71. The number of rotatable bonds is 7. The summed E-state index contributed by atoms with van der Waals surface area (Å²) in [5.74, 6) is 1.49. The fourth-order valence-corrected chi connectivity index (χ4v) is 3.72. The van der Waals surface area contributed by atoms with E-state index in [9.17, 15) is 4.79 Å². The molecule has 0 aliphatic carbocycles. The van der Waals surface area contributed by atoms with Crippen molar-refractivity contribution in [1.82, 2.24) is 15.2 Å². The lowest BCUT2D eigenvalue weighted by Crippen LogP contribution is -2.40. The number of hydrogen-bond acceptors (Lipinski definition) is 5. The van der Waals surface area contributed by atoms with Gasteiger partial charge in [0.1, 0.15) is 5.69 Å². The Bertz CT molecular complexity index is 787. The van der Waals surface area contributed by atoms with Gasteiger partial charge >= 0.3 is 0 Å². The molecule has 1 atom stereocenters. The topological polar surface area (TPSA) is 75.8 Å². The third kappa shape index (κ3) is 3.31. The van der Waals surface area contributed by atoms with Gasteiger partial charge in [-0.05, 0) is 32.0 Å². The molecule has 0 radical (unpaired) electrons. The number of ether oxygens (including phenoxy) is 3. The number of carbonyl (C=O) groups is 1. The summed E-state index contributed by atoms with van der Waals surface area (Å²) >= 11 is 0. The predicted octanol–water partition coefficient (Wildman–Crippen LogP) is 2.41. The zero-order chi connectivity index (χ0) is 18.7. The summed E-state index contributed by atoms with van der Waals surface area (Å²) in [6, 6.07) is 4.02. The number of aromatic amines is 1. The van der Waals surface area contributed by atoms with Crippen molar-refractivity contribution in [2.75, 3.05) is 41.0 Å². The quantitative estimate of drug-likeness (QED) is 0.792.